The molecule has 0 atom stereocenters. The van der Waals surface area contributed by atoms with E-state index in [-0.39, 0.29) is 5.91 Å². The number of para-hydroxylation sites is 1. The molecule has 0 radical (unpaired) electrons. The number of nitrogens with one attached hydrogen (secondary N) is 1. The first-order valence-electron chi connectivity index (χ1n) is 7.61. The van der Waals surface area contributed by atoms with Gasteiger partial charge in [0, 0.05) is 25.0 Å². The van der Waals surface area contributed by atoms with Crippen molar-refractivity contribution in [3.05, 3.63) is 48.0 Å². The summed E-state index contributed by atoms with van der Waals surface area (Å²) < 4.78 is 0. The monoisotopic (exact) mass is 295 g/mol. The number of anilines is 1. The van der Waals surface area contributed by atoms with E-state index >= 15 is 0 Å². The molecule has 0 aliphatic heterocycles. The van der Waals surface area contributed by atoms with E-state index < -0.39 is 0 Å². The molecule has 4 heteroatoms. The van der Waals surface area contributed by atoms with Gasteiger partial charge in [-0.25, -0.2) is 4.98 Å². The number of benzene rings is 1. The number of fused-ring (bicyclic) bond motifs is 1. The Hall–Kier alpha value is -2.36. The zero-order valence-corrected chi connectivity index (χ0v) is 13.1. The number of pyridine rings is 1. The van der Waals surface area contributed by atoms with Crippen molar-refractivity contribution in [1.29, 1.82) is 0 Å². The molecule has 4 nitrogen and oxygen atoms in total. The van der Waals surface area contributed by atoms with E-state index in [1.807, 2.05) is 49.2 Å². The van der Waals surface area contributed by atoms with Crippen LogP contribution in [0.5, 0.6) is 0 Å². The van der Waals surface area contributed by atoms with Gasteiger partial charge in [-0.05, 0) is 31.9 Å². The van der Waals surface area contributed by atoms with E-state index in [9.17, 15) is 4.79 Å². The van der Waals surface area contributed by atoms with Gasteiger partial charge in [0.25, 0.3) is 5.91 Å². The molecule has 1 aromatic heterocycles. The molecule has 0 saturated heterocycles. The number of nitrogens with zero attached hydrogens (tertiary/aromatic N) is 2. The number of carbonyl (C=O) groups is 1. The summed E-state index contributed by atoms with van der Waals surface area (Å²) in [6.45, 7) is 6.64. The second-order valence-corrected chi connectivity index (χ2v) is 6.11. The lowest BCUT2D eigenvalue weighted by Crippen LogP contribution is -2.27. The number of carbonyl (C=O) groups excluding carboxylic acids is 1. The standard InChI is InChI=1S/C18H21N3O/c1-12(2)11-21(3)17-10-15(18(22)19-13-8-9-13)14-6-4-5-7-16(14)20-17/h4-7,10,13H,1,8-9,11H2,2-3H3,(H,19,22). The average Bonchev–Trinajstić information content (AvgIpc) is 3.29. The summed E-state index contributed by atoms with van der Waals surface area (Å²) in [5.41, 5.74) is 2.59. The van der Waals surface area contributed by atoms with Crippen LogP contribution in [0.1, 0.15) is 30.1 Å². The lowest BCUT2D eigenvalue weighted by molar-refractivity contribution is 0.0952. The fourth-order valence-corrected chi connectivity index (χ4v) is 2.52. The Kier molecular flexibility index (Phi) is 3.84. The third-order valence-corrected chi connectivity index (χ3v) is 3.76. The number of amides is 1. The quantitative estimate of drug-likeness (QED) is 0.862. The van der Waals surface area contributed by atoms with Gasteiger partial charge in [0.1, 0.15) is 5.82 Å². The number of hydrogen-bond donors (Lipinski definition) is 1. The van der Waals surface area contributed by atoms with E-state index in [0.717, 1.165) is 41.7 Å². The van der Waals surface area contributed by atoms with E-state index in [1.54, 1.807) is 0 Å². The lowest BCUT2D eigenvalue weighted by atomic mass is 10.1. The van der Waals surface area contributed by atoms with Gasteiger partial charge in [0.2, 0.25) is 0 Å². The van der Waals surface area contributed by atoms with Crippen molar-refractivity contribution in [3.63, 3.8) is 0 Å². The molecule has 1 aromatic carbocycles. The van der Waals surface area contributed by atoms with Crippen molar-refractivity contribution in [2.45, 2.75) is 25.8 Å². The normalized spacial score (nSPS) is 13.9. The Morgan fingerprint density at radius 1 is 1.41 bits per heavy atom. The van der Waals surface area contributed by atoms with Crippen LogP contribution in [0, 0.1) is 0 Å². The molecule has 1 aliphatic carbocycles. The van der Waals surface area contributed by atoms with Gasteiger partial charge in [-0.3, -0.25) is 4.79 Å². The number of aromatic nitrogens is 1. The zero-order chi connectivity index (χ0) is 15.7. The van der Waals surface area contributed by atoms with Crippen LogP contribution in [0.4, 0.5) is 5.82 Å². The van der Waals surface area contributed by atoms with Crippen molar-refractivity contribution >= 4 is 22.6 Å². The molecular weight excluding hydrogens is 274 g/mol. The molecule has 1 amide bonds. The number of hydrogen-bond acceptors (Lipinski definition) is 3. The second-order valence-electron chi connectivity index (χ2n) is 6.11. The summed E-state index contributed by atoms with van der Waals surface area (Å²) in [6, 6.07) is 10.0. The van der Waals surface area contributed by atoms with Gasteiger partial charge in [-0.1, -0.05) is 30.4 Å². The van der Waals surface area contributed by atoms with E-state index in [2.05, 4.69) is 16.9 Å². The highest BCUT2D eigenvalue weighted by Crippen LogP contribution is 2.25. The summed E-state index contributed by atoms with van der Waals surface area (Å²) in [7, 11) is 1.97. The zero-order valence-electron chi connectivity index (χ0n) is 13.1. The molecule has 22 heavy (non-hydrogen) atoms. The Morgan fingerprint density at radius 2 is 2.14 bits per heavy atom. The molecule has 1 N–H and O–H groups in total. The van der Waals surface area contributed by atoms with Crippen molar-refractivity contribution in [1.82, 2.24) is 10.3 Å². The first kappa shape index (κ1) is 14.6. The Bertz CT molecular complexity index is 734. The summed E-state index contributed by atoms with van der Waals surface area (Å²) in [4.78, 5) is 19.2. The summed E-state index contributed by atoms with van der Waals surface area (Å²) in [6.07, 6.45) is 2.16. The van der Waals surface area contributed by atoms with Crippen LogP contribution in [0.25, 0.3) is 10.9 Å². The van der Waals surface area contributed by atoms with Gasteiger partial charge in [0.15, 0.2) is 0 Å². The maximum atomic E-state index is 12.5. The van der Waals surface area contributed by atoms with Crippen LogP contribution in [-0.4, -0.2) is 30.5 Å². The lowest BCUT2D eigenvalue weighted by Gasteiger charge is -2.20. The fraction of sp³-hybridized carbons (Fsp3) is 0.333. The maximum Gasteiger partial charge on any atom is 0.252 e. The van der Waals surface area contributed by atoms with Crippen LogP contribution < -0.4 is 10.2 Å². The highest BCUT2D eigenvalue weighted by atomic mass is 16.1. The predicted octanol–water partition coefficient (Wildman–Crippen LogP) is 3.14. The molecule has 114 valence electrons. The highest BCUT2D eigenvalue weighted by molar-refractivity contribution is 6.07. The molecule has 2 aromatic rings. The van der Waals surface area contributed by atoms with Crippen molar-refractivity contribution in [2.75, 3.05) is 18.5 Å². The van der Waals surface area contributed by atoms with E-state index in [0.29, 0.717) is 11.6 Å². The van der Waals surface area contributed by atoms with Crippen LogP contribution >= 0.6 is 0 Å². The van der Waals surface area contributed by atoms with Crippen molar-refractivity contribution < 1.29 is 4.79 Å². The number of rotatable bonds is 5. The third kappa shape index (κ3) is 3.11. The van der Waals surface area contributed by atoms with Crippen LogP contribution in [0.3, 0.4) is 0 Å². The highest BCUT2D eigenvalue weighted by Gasteiger charge is 2.25. The Balaban J connectivity index is 2.03. The fourth-order valence-electron chi connectivity index (χ4n) is 2.52. The van der Waals surface area contributed by atoms with E-state index in [4.69, 9.17) is 0 Å². The van der Waals surface area contributed by atoms with Crippen LogP contribution in [0.15, 0.2) is 42.5 Å². The third-order valence-electron chi connectivity index (χ3n) is 3.76. The minimum absolute atomic E-state index is 0.00826. The molecule has 0 spiro atoms. The largest absolute Gasteiger partial charge is 0.356 e. The van der Waals surface area contributed by atoms with Crippen LogP contribution in [-0.2, 0) is 0 Å². The maximum absolute atomic E-state index is 12.5. The molecule has 1 fully saturated rings. The van der Waals surface area contributed by atoms with Gasteiger partial charge in [0.05, 0.1) is 11.1 Å². The Labute approximate surface area is 130 Å². The average molecular weight is 295 g/mol. The van der Waals surface area contributed by atoms with Gasteiger partial charge in [-0.2, -0.15) is 0 Å². The molecular formula is C18H21N3O. The number of likely N-dealkylation sites (N-methyl/N-ethyl adjacent to an activating group) is 1. The molecule has 1 saturated carbocycles. The molecule has 1 aliphatic rings. The predicted molar refractivity (Wildman–Crippen MR) is 90.3 cm³/mol. The topological polar surface area (TPSA) is 45.2 Å². The SMILES string of the molecule is C=C(C)CN(C)c1cc(C(=O)NC2CC2)c2ccccc2n1. The van der Waals surface area contributed by atoms with Gasteiger partial charge in [-0.15, -0.1) is 0 Å². The molecule has 0 unspecified atom stereocenters. The van der Waals surface area contributed by atoms with Crippen molar-refractivity contribution in [2.24, 2.45) is 0 Å². The minimum atomic E-state index is -0.00826. The second kappa shape index (κ2) is 5.79. The molecule has 1 heterocycles. The molecule has 0 bridgehead atoms. The first-order valence-corrected chi connectivity index (χ1v) is 7.61. The molecule has 3 rings (SSSR count). The van der Waals surface area contributed by atoms with Crippen molar-refractivity contribution in [3.8, 4) is 0 Å². The van der Waals surface area contributed by atoms with Crippen LogP contribution in [0.2, 0.25) is 0 Å². The smallest absolute Gasteiger partial charge is 0.252 e. The summed E-state index contributed by atoms with van der Waals surface area (Å²) in [5.74, 6) is 0.786. The summed E-state index contributed by atoms with van der Waals surface area (Å²) >= 11 is 0. The minimum Gasteiger partial charge on any atom is -0.356 e. The van der Waals surface area contributed by atoms with Gasteiger partial charge >= 0.3 is 0 Å². The van der Waals surface area contributed by atoms with E-state index in [1.165, 1.54) is 0 Å². The summed E-state index contributed by atoms with van der Waals surface area (Å²) in [5, 5.41) is 3.96. The Morgan fingerprint density at radius 3 is 2.82 bits per heavy atom. The van der Waals surface area contributed by atoms with Gasteiger partial charge < -0.3 is 10.2 Å². The first-order chi connectivity index (χ1) is 10.5.